The predicted molar refractivity (Wildman–Crippen MR) is 127 cm³/mol. The molecular weight excluding hydrogens is 461 g/mol. The van der Waals surface area contributed by atoms with Crippen molar-refractivity contribution in [1.29, 1.82) is 0 Å². The first-order valence-corrected chi connectivity index (χ1v) is 10.8. The minimum atomic E-state index is -0.431. The van der Waals surface area contributed by atoms with E-state index >= 15 is 0 Å². The fraction of sp³-hybridized carbons (Fsp3) is 0.0800. The molecule has 0 fully saturated rings. The van der Waals surface area contributed by atoms with Crippen LogP contribution in [0.4, 0.5) is 0 Å². The molecule has 0 N–H and O–H groups in total. The Morgan fingerprint density at radius 2 is 1.79 bits per heavy atom. The third kappa shape index (κ3) is 3.99. The normalized spacial score (nSPS) is 11.1. The lowest BCUT2D eigenvalue weighted by molar-refractivity contribution is 0.102. The molecule has 0 aliphatic carbocycles. The number of ketones is 1. The number of benzene rings is 3. The number of hydrogen-bond donors (Lipinski definition) is 0. The van der Waals surface area contributed by atoms with Gasteiger partial charge in [-0.2, -0.15) is 4.98 Å². The molecule has 0 aliphatic rings. The molecule has 0 spiro atoms. The van der Waals surface area contributed by atoms with Gasteiger partial charge in [-0.1, -0.05) is 58.7 Å². The predicted octanol–water partition coefficient (Wildman–Crippen LogP) is 6.29. The molecular formula is C25H17Cl2N3O3. The first-order chi connectivity index (χ1) is 16.0. The lowest BCUT2D eigenvalue weighted by Gasteiger charge is -2.08. The molecule has 0 atom stereocenters. The maximum Gasteiger partial charge on any atom is 0.258 e. The molecule has 3 aromatic carbocycles. The smallest absolute Gasteiger partial charge is 0.258 e. The van der Waals surface area contributed by atoms with Crippen molar-refractivity contribution in [2.45, 2.75) is 6.54 Å². The summed E-state index contributed by atoms with van der Waals surface area (Å²) < 4.78 is 12.6. The summed E-state index contributed by atoms with van der Waals surface area (Å²) in [4.78, 5) is 17.8. The van der Waals surface area contributed by atoms with E-state index in [9.17, 15) is 4.79 Å². The standard InChI is InChI=1S/C25H17Cl2N3O3/c1-32-18-11-12-20-19(13-18)21(23(27)30(20)14-15-7-9-17(26)10-8-15)22(31)24-28-25(33-29-24)16-5-3-2-4-6-16/h2-13H,14H2,1H3. The highest BCUT2D eigenvalue weighted by atomic mass is 35.5. The van der Waals surface area contributed by atoms with Crippen LogP contribution in [0.5, 0.6) is 5.75 Å². The number of halogens is 2. The minimum absolute atomic E-state index is 0.0656. The van der Waals surface area contributed by atoms with Gasteiger partial charge in [0.25, 0.3) is 5.89 Å². The molecule has 6 nitrogen and oxygen atoms in total. The van der Waals surface area contributed by atoms with Crippen molar-refractivity contribution < 1.29 is 14.1 Å². The van der Waals surface area contributed by atoms with Gasteiger partial charge in [-0.25, -0.2) is 0 Å². The number of methoxy groups -OCH3 is 1. The lowest BCUT2D eigenvalue weighted by atomic mass is 10.1. The van der Waals surface area contributed by atoms with Crippen LogP contribution in [0.3, 0.4) is 0 Å². The summed E-state index contributed by atoms with van der Waals surface area (Å²) in [7, 11) is 1.57. The number of carbonyl (C=O) groups is 1. The van der Waals surface area contributed by atoms with Gasteiger partial charge in [0.15, 0.2) is 0 Å². The van der Waals surface area contributed by atoms with Crippen LogP contribution >= 0.6 is 23.2 Å². The fourth-order valence-electron chi connectivity index (χ4n) is 3.70. The summed E-state index contributed by atoms with van der Waals surface area (Å²) in [5.41, 5.74) is 2.78. The van der Waals surface area contributed by atoms with Gasteiger partial charge in [0.05, 0.1) is 18.2 Å². The molecule has 0 bridgehead atoms. The Balaban J connectivity index is 1.61. The second kappa shape index (κ2) is 8.73. The average Bonchev–Trinajstić information content (AvgIpc) is 3.44. The molecule has 0 amide bonds. The summed E-state index contributed by atoms with van der Waals surface area (Å²) >= 11 is 12.8. The highest BCUT2D eigenvalue weighted by Gasteiger charge is 2.27. The Hall–Kier alpha value is -3.61. The SMILES string of the molecule is COc1ccc2c(c1)c(C(=O)c1noc(-c3ccccc3)n1)c(Cl)n2Cc1ccc(Cl)cc1. The average molecular weight is 478 g/mol. The number of nitrogens with zero attached hydrogens (tertiary/aromatic N) is 3. The maximum atomic E-state index is 13.5. The van der Waals surface area contributed by atoms with Gasteiger partial charge in [-0.3, -0.25) is 4.79 Å². The number of hydrogen-bond acceptors (Lipinski definition) is 5. The van der Waals surface area contributed by atoms with E-state index in [0.717, 1.165) is 16.6 Å². The molecule has 5 rings (SSSR count). The van der Waals surface area contributed by atoms with Gasteiger partial charge in [-0.15, -0.1) is 0 Å². The van der Waals surface area contributed by atoms with E-state index in [0.29, 0.717) is 28.3 Å². The topological polar surface area (TPSA) is 70.2 Å². The monoisotopic (exact) mass is 477 g/mol. The number of ether oxygens (including phenoxy) is 1. The molecule has 0 saturated heterocycles. The van der Waals surface area contributed by atoms with Crippen LogP contribution in [-0.4, -0.2) is 27.6 Å². The first kappa shape index (κ1) is 21.2. The summed E-state index contributed by atoms with van der Waals surface area (Å²) in [6.07, 6.45) is 0. The molecule has 2 aromatic heterocycles. The van der Waals surface area contributed by atoms with Gasteiger partial charge < -0.3 is 13.8 Å². The van der Waals surface area contributed by atoms with Crippen LogP contribution in [0.1, 0.15) is 21.7 Å². The van der Waals surface area contributed by atoms with Crippen molar-refractivity contribution in [3.05, 3.63) is 99.9 Å². The van der Waals surface area contributed by atoms with Gasteiger partial charge >= 0.3 is 0 Å². The zero-order chi connectivity index (χ0) is 22.9. The van der Waals surface area contributed by atoms with Crippen molar-refractivity contribution in [2.75, 3.05) is 7.11 Å². The van der Waals surface area contributed by atoms with Crippen molar-refractivity contribution >= 4 is 39.9 Å². The van der Waals surface area contributed by atoms with E-state index in [1.54, 1.807) is 13.2 Å². The van der Waals surface area contributed by atoms with Crippen molar-refractivity contribution in [2.24, 2.45) is 0 Å². The van der Waals surface area contributed by atoms with Crippen LogP contribution < -0.4 is 4.74 Å². The number of aromatic nitrogens is 3. The highest BCUT2D eigenvalue weighted by Crippen LogP contribution is 2.35. The third-order valence-corrected chi connectivity index (χ3v) is 5.98. The Morgan fingerprint density at radius 3 is 2.52 bits per heavy atom. The quantitative estimate of drug-likeness (QED) is 0.269. The Kier molecular flexibility index (Phi) is 5.62. The number of rotatable bonds is 6. The van der Waals surface area contributed by atoms with Crippen LogP contribution in [0, 0.1) is 0 Å². The lowest BCUT2D eigenvalue weighted by Crippen LogP contribution is -2.05. The molecule has 0 unspecified atom stereocenters. The van der Waals surface area contributed by atoms with Crippen LogP contribution in [0.2, 0.25) is 10.2 Å². The minimum Gasteiger partial charge on any atom is -0.497 e. The molecule has 0 saturated carbocycles. The van der Waals surface area contributed by atoms with E-state index < -0.39 is 5.78 Å². The Bertz CT molecular complexity index is 1460. The number of fused-ring (bicyclic) bond motifs is 1. The molecule has 0 radical (unpaired) electrons. The van der Waals surface area contributed by atoms with Crippen molar-refractivity contribution in [1.82, 2.24) is 14.7 Å². The van der Waals surface area contributed by atoms with E-state index in [2.05, 4.69) is 10.1 Å². The first-order valence-electron chi connectivity index (χ1n) is 10.1. The zero-order valence-electron chi connectivity index (χ0n) is 17.5. The van der Waals surface area contributed by atoms with Gasteiger partial charge in [-0.05, 0) is 48.0 Å². The summed E-state index contributed by atoms with van der Waals surface area (Å²) in [6.45, 7) is 0.452. The maximum absolute atomic E-state index is 13.5. The molecule has 164 valence electrons. The largest absolute Gasteiger partial charge is 0.497 e. The molecule has 2 heterocycles. The Labute approximate surface area is 199 Å². The van der Waals surface area contributed by atoms with Crippen molar-refractivity contribution in [3.8, 4) is 17.2 Å². The molecule has 8 heteroatoms. The zero-order valence-corrected chi connectivity index (χ0v) is 19.0. The molecule has 33 heavy (non-hydrogen) atoms. The van der Waals surface area contributed by atoms with E-state index in [1.165, 1.54) is 0 Å². The van der Waals surface area contributed by atoms with E-state index in [-0.39, 0.29) is 16.9 Å². The van der Waals surface area contributed by atoms with E-state index in [4.69, 9.17) is 32.5 Å². The second-order valence-electron chi connectivity index (χ2n) is 7.38. The van der Waals surface area contributed by atoms with Crippen molar-refractivity contribution in [3.63, 3.8) is 0 Å². The van der Waals surface area contributed by atoms with Gasteiger partial charge in [0.2, 0.25) is 11.6 Å². The summed E-state index contributed by atoms with van der Waals surface area (Å²) in [5, 5.41) is 5.48. The number of carbonyl (C=O) groups excluding carboxylic acids is 1. The summed E-state index contributed by atoms with van der Waals surface area (Å²) in [5.74, 6) is 0.371. The van der Waals surface area contributed by atoms with Gasteiger partial charge in [0, 0.05) is 22.5 Å². The summed E-state index contributed by atoms with van der Waals surface area (Å²) in [6, 6.07) is 22.2. The fourth-order valence-corrected chi connectivity index (χ4v) is 4.16. The molecule has 5 aromatic rings. The highest BCUT2D eigenvalue weighted by molar-refractivity contribution is 6.37. The van der Waals surface area contributed by atoms with E-state index in [1.807, 2.05) is 71.3 Å². The van der Waals surface area contributed by atoms with Crippen LogP contribution in [0.25, 0.3) is 22.4 Å². The van der Waals surface area contributed by atoms with Gasteiger partial charge in [0.1, 0.15) is 10.9 Å². The molecule has 0 aliphatic heterocycles. The van der Waals surface area contributed by atoms with Crippen LogP contribution in [0.15, 0.2) is 77.3 Å². The Morgan fingerprint density at radius 1 is 1.03 bits per heavy atom. The third-order valence-electron chi connectivity index (χ3n) is 5.34. The van der Waals surface area contributed by atoms with Crippen LogP contribution in [-0.2, 0) is 6.54 Å². The second-order valence-corrected chi connectivity index (χ2v) is 8.17.